The fraction of sp³-hybridized carbons (Fsp3) is 0. The van der Waals surface area contributed by atoms with Gasteiger partial charge in [-0.25, -0.2) is 9.97 Å². The fourth-order valence-electron chi connectivity index (χ4n) is 8.90. The number of hydrogen-bond acceptors (Lipinski definition) is 3. The summed E-state index contributed by atoms with van der Waals surface area (Å²) in [6.07, 6.45) is 0. The molecule has 8 aromatic carbocycles. The number of nitrogens with zero attached hydrogens (tertiary/aromatic N) is 4. The molecule has 0 bridgehead atoms. The van der Waals surface area contributed by atoms with E-state index in [1.807, 2.05) is 30.3 Å². The van der Waals surface area contributed by atoms with Crippen molar-refractivity contribution in [2.45, 2.75) is 0 Å². The van der Waals surface area contributed by atoms with E-state index in [2.05, 4.69) is 173 Å². The predicted molar refractivity (Wildman–Crippen MR) is 234 cm³/mol. The maximum atomic E-state index is 6.90. The highest BCUT2D eigenvalue weighted by Gasteiger charge is 2.28. The molecular weight excluding hydrogens is 697 g/mol. The molecule has 0 amide bonds. The van der Waals surface area contributed by atoms with Gasteiger partial charge in [0.1, 0.15) is 11.2 Å². The Balaban J connectivity index is 1.35. The monoisotopic (exact) mass is 728 g/mol. The third-order valence-electron chi connectivity index (χ3n) is 11.3. The lowest BCUT2D eigenvalue weighted by atomic mass is 9.98. The van der Waals surface area contributed by atoms with E-state index in [1.54, 1.807) is 0 Å². The molecule has 0 unspecified atom stereocenters. The summed E-state index contributed by atoms with van der Waals surface area (Å²) in [4.78, 5) is 10.8. The summed E-state index contributed by atoms with van der Waals surface area (Å²) < 4.78 is 11.7. The van der Waals surface area contributed by atoms with Crippen LogP contribution in [0.1, 0.15) is 0 Å². The number of furan rings is 1. The maximum Gasteiger partial charge on any atom is 0.160 e. The Bertz CT molecular complexity index is 3360. The number of para-hydroxylation sites is 5. The molecule has 4 aromatic heterocycles. The van der Waals surface area contributed by atoms with Gasteiger partial charge in [0.15, 0.2) is 5.82 Å². The first-order chi connectivity index (χ1) is 28.3. The molecule has 0 spiro atoms. The van der Waals surface area contributed by atoms with Gasteiger partial charge in [-0.2, -0.15) is 0 Å². The van der Waals surface area contributed by atoms with E-state index in [1.165, 1.54) is 21.5 Å². The summed E-state index contributed by atoms with van der Waals surface area (Å²) in [5.41, 5.74) is 12.6. The Hall–Kier alpha value is -7.76. The lowest BCUT2D eigenvalue weighted by Gasteiger charge is -2.21. The average molecular weight is 729 g/mol. The number of benzene rings is 8. The molecular formula is C52H32N4O. The lowest BCUT2D eigenvalue weighted by molar-refractivity contribution is 0.668. The molecule has 5 heteroatoms. The summed E-state index contributed by atoms with van der Waals surface area (Å²) in [5, 5.41) is 6.79. The molecule has 0 saturated carbocycles. The van der Waals surface area contributed by atoms with E-state index < -0.39 is 0 Å². The van der Waals surface area contributed by atoms with E-state index in [-0.39, 0.29) is 0 Å². The molecule has 0 aliphatic heterocycles. The zero-order valence-corrected chi connectivity index (χ0v) is 30.7. The van der Waals surface area contributed by atoms with Gasteiger partial charge >= 0.3 is 0 Å². The highest BCUT2D eigenvalue weighted by Crippen LogP contribution is 2.48. The molecule has 0 N–H and O–H groups in total. The van der Waals surface area contributed by atoms with E-state index in [4.69, 9.17) is 14.4 Å². The van der Waals surface area contributed by atoms with Crippen LogP contribution >= 0.6 is 0 Å². The molecule has 5 nitrogen and oxygen atoms in total. The first-order valence-corrected chi connectivity index (χ1v) is 19.3. The molecule has 4 heterocycles. The van der Waals surface area contributed by atoms with Gasteiger partial charge in [-0.1, -0.05) is 152 Å². The van der Waals surface area contributed by atoms with Crippen molar-refractivity contribution < 1.29 is 4.42 Å². The quantitative estimate of drug-likeness (QED) is 0.177. The fourth-order valence-corrected chi connectivity index (χ4v) is 8.90. The summed E-state index contributed by atoms with van der Waals surface area (Å²) in [5.74, 6) is 0.658. The largest absolute Gasteiger partial charge is 0.456 e. The van der Waals surface area contributed by atoms with Crippen molar-refractivity contribution in [2.24, 2.45) is 0 Å². The van der Waals surface area contributed by atoms with Crippen molar-refractivity contribution >= 4 is 65.6 Å². The van der Waals surface area contributed by atoms with Crippen LogP contribution in [0.25, 0.3) is 111 Å². The van der Waals surface area contributed by atoms with Crippen molar-refractivity contribution in [3.05, 3.63) is 194 Å². The summed E-state index contributed by atoms with van der Waals surface area (Å²) >= 11 is 0. The third kappa shape index (κ3) is 4.76. The zero-order valence-electron chi connectivity index (χ0n) is 30.7. The van der Waals surface area contributed by atoms with E-state index in [9.17, 15) is 0 Å². The van der Waals surface area contributed by atoms with Crippen molar-refractivity contribution in [3.8, 4) is 45.3 Å². The topological polar surface area (TPSA) is 48.8 Å². The highest BCUT2D eigenvalue weighted by atomic mass is 16.3. The predicted octanol–water partition coefficient (Wildman–Crippen LogP) is 13.6. The van der Waals surface area contributed by atoms with Gasteiger partial charge in [-0.3, -0.25) is 0 Å². The van der Waals surface area contributed by atoms with Gasteiger partial charge in [0, 0.05) is 49.7 Å². The number of hydrogen-bond donors (Lipinski definition) is 0. The summed E-state index contributed by atoms with van der Waals surface area (Å²) in [6.45, 7) is 0. The van der Waals surface area contributed by atoms with Crippen LogP contribution < -0.4 is 0 Å². The van der Waals surface area contributed by atoms with Crippen molar-refractivity contribution in [1.82, 2.24) is 19.1 Å². The second-order valence-corrected chi connectivity index (χ2v) is 14.5. The van der Waals surface area contributed by atoms with Gasteiger partial charge in [0.05, 0.1) is 50.2 Å². The van der Waals surface area contributed by atoms with Gasteiger partial charge in [0.2, 0.25) is 0 Å². The van der Waals surface area contributed by atoms with Crippen LogP contribution in [0.15, 0.2) is 199 Å². The van der Waals surface area contributed by atoms with Crippen LogP contribution in [0, 0.1) is 0 Å². The minimum absolute atomic E-state index is 0.658. The molecule has 0 atom stereocenters. The van der Waals surface area contributed by atoms with Crippen molar-refractivity contribution in [1.29, 1.82) is 0 Å². The molecule has 0 aliphatic carbocycles. The van der Waals surface area contributed by atoms with E-state index in [0.717, 1.165) is 83.5 Å². The van der Waals surface area contributed by atoms with Gasteiger partial charge in [-0.05, 0) is 36.4 Å². The molecule has 0 radical (unpaired) electrons. The highest BCUT2D eigenvalue weighted by molar-refractivity contribution is 6.19. The van der Waals surface area contributed by atoms with Crippen LogP contribution in [-0.4, -0.2) is 19.1 Å². The Labute approximate surface area is 327 Å². The normalized spacial score (nSPS) is 11.9. The zero-order chi connectivity index (χ0) is 37.5. The van der Waals surface area contributed by atoms with Gasteiger partial charge in [0.25, 0.3) is 0 Å². The second-order valence-electron chi connectivity index (χ2n) is 14.5. The molecule has 57 heavy (non-hydrogen) atoms. The van der Waals surface area contributed by atoms with E-state index >= 15 is 0 Å². The van der Waals surface area contributed by atoms with Crippen LogP contribution in [0.4, 0.5) is 0 Å². The Kier molecular flexibility index (Phi) is 6.86. The number of aromatic nitrogens is 4. The first kappa shape index (κ1) is 31.6. The van der Waals surface area contributed by atoms with Crippen molar-refractivity contribution in [2.75, 3.05) is 0 Å². The Morgan fingerprint density at radius 1 is 0.368 bits per heavy atom. The minimum atomic E-state index is 0.658. The van der Waals surface area contributed by atoms with Crippen molar-refractivity contribution in [3.63, 3.8) is 0 Å². The molecule has 0 saturated heterocycles. The average Bonchev–Trinajstić information content (AvgIpc) is 3.94. The van der Waals surface area contributed by atoms with Crippen LogP contribution in [0.2, 0.25) is 0 Å². The first-order valence-electron chi connectivity index (χ1n) is 19.3. The summed E-state index contributed by atoms with van der Waals surface area (Å²) in [7, 11) is 0. The van der Waals surface area contributed by atoms with E-state index in [0.29, 0.717) is 5.82 Å². The Morgan fingerprint density at radius 2 is 0.825 bits per heavy atom. The lowest BCUT2D eigenvalue weighted by Crippen LogP contribution is -2.06. The Morgan fingerprint density at radius 3 is 1.40 bits per heavy atom. The van der Waals surface area contributed by atoms with Gasteiger partial charge < -0.3 is 13.6 Å². The van der Waals surface area contributed by atoms with Crippen LogP contribution in [0.3, 0.4) is 0 Å². The SMILES string of the molecule is c1ccc(-c2cc(-c3c(-n4c5ccccc5c5ccccc54)cc4oc5ccccc5c4c3-n3c4ccccc4c4ccccc43)nc(-c3ccccc3)n2)cc1. The third-order valence-corrected chi connectivity index (χ3v) is 11.3. The smallest absolute Gasteiger partial charge is 0.160 e. The number of fused-ring (bicyclic) bond motifs is 9. The summed E-state index contributed by atoms with van der Waals surface area (Å²) in [6, 6.07) is 68.2. The molecule has 266 valence electrons. The maximum absolute atomic E-state index is 6.90. The molecule has 12 rings (SSSR count). The molecule has 0 fully saturated rings. The second kappa shape index (κ2) is 12.4. The van der Waals surface area contributed by atoms with Crippen LogP contribution in [0.5, 0.6) is 0 Å². The molecule has 0 aliphatic rings. The van der Waals surface area contributed by atoms with Crippen LogP contribution in [-0.2, 0) is 0 Å². The molecule has 12 aromatic rings. The minimum Gasteiger partial charge on any atom is -0.456 e. The van der Waals surface area contributed by atoms with Gasteiger partial charge in [-0.15, -0.1) is 0 Å². The standard InChI is InChI=1S/C52H32N4O/c1-3-17-33(18-4-1)40-31-41(54-52(53-40)34-19-5-2-6-20-34)50-46(55-42-26-12-7-21-35(42)36-22-8-13-27-43(36)55)32-48-49(39-25-11-16-30-47(39)57-48)51(50)56-44-28-14-9-23-37(44)38-24-10-15-29-45(38)56/h1-32H. The number of rotatable bonds is 5.